The summed E-state index contributed by atoms with van der Waals surface area (Å²) in [4.78, 5) is 32.9. The standard InChI is InChI=1S/C19H24N4O4/c1-19(2,3)18-20-14-7-8-22(11-13(14)17(24)21-18)10-12-5-6-16(27-4)15(9-12)23(25)26/h5-6,9H,7-8,10-11H2,1-4H3,(H,20,21,24). The van der Waals surface area contributed by atoms with Crippen molar-refractivity contribution in [2.75, 3.05) is 13.7 Å². The second-order valence-electron chi connectivity index (χ2n) is 7.81. The second-order valence-corrected chi connectivity index (χ2v) is 7.81. The van der Waals surface area contributed by atoms with Gasteiger partial charge in [0.2, 0.25) is 0 Å². The summed E-state index contributed by atoms with van der Waals surface area (Å²) in [5.74, 6) is 0.938. The summed E-state index contributed by atoms with van der Waals surface area (Å²) in [5.41, 5.74) is 1.96. The quantitative estimate of drug-likeness (QED) is 0.654. The minimum absolute atomic E-state index is 0.0539. The number of aromatic nitrogens is 2. The topological polar surface area (TPSA) is 101 Å². The largest absolute Gasteiger partial charge is 0.490 e. The third-order valence-electron chi connectivity index (χ3n) is 4.70. The molecule has 27 heavy (non-hydrogen) atoms. The van der Waals surface area contributed by atoms with E-state index >= 15 is 0 Å². The molecule has 144 valence electrons. The van der Waals surface area contributed by atoms with E-state index in [1.807, 2.05) is 26.8 Å². The van der Waals surface area contributed by atoms with Gasteiger partial charge in [-0.1, -0.05) is 26.8 Å². The van der Waals surface area contributed by atoms with E-state index in [1.54, 1.807) is 6.07 Å². The number of benzene rings is 1. The summed E-state index contributed by atoms with van der Waals surface area (Å²) < 4.78 is 5.04. The van der Waals surface area contributed by atoms with Gasteiger partial charge in [0.1, 0.15) is 5.82 Å². The first kappa shape index (κ1) is 19.0. The molecule has 0 aliphatic carbocycles. The fraction of sp³-hybridized carbons (Fsp3) is 0.474. The van der Waals surface area contributed by atoms with E-state index < -0.39 is 4.92 Å². The maximum atomic E-state index is 12.5. The lowest BCUT2D eigenvalue weighted by atomic mass is 9.95. The Labute approximate surface area is 157 Å². The van der Waals surface area contributed by atoms with Crippen molar-refractivity contribution in [2.24, 2.45) is 0 Å². The van der Waals surface area contributed by atoms with Gasteiger partial charge in [0.25, 0.3) is 5.56 Å². The first-order valence-electron chi connectivity index (χ1n) is 8.85. The van der Waals surface area contributed by atoms with E-state index in [1.165, 1.54) is 13.2 Å². The number of nitro groups is 1. The van der Waals surface area contributed by atoms with Crippen LogP contribution in [-0.4, -0.2) is 33.4 Å². The van der Waals surface area contributed by atoms with E-state index in [4.69, 9.17) is 4.74 Å². The van der Waals surface area contributed by atoms with Crippen molar-refractivity contribution in [3.63, 3.8) is 0 Å². The molecular formula is C19H24N4O4. The van der Waals surface area contributed by atoms with Crippen LogP contribution in [0, 0.1) is 10.1 Å². The van der Waals surface area contributed by atoms with Crippen LogP contribution in [0.4, 0.5) is 5.69 Å². The van der Waals surface area contributed by atoms with Crippen molar-refractivity contribution < 1.29 is 9.66 Å². The Hall–Kier alpha value is -2.74. The normalized spacial score (nSPS) is 14.7. The maximum absolute atomic E-state index is 12.5. The van der Waals surface area contributed by atoms with Crippen LogP contribution in [0.5, 0.6) is 5.75 Å². The highest BCUT2D eigenvalue weighted by Gasteiger charge is 2.25. The number of nitro benzene ring substituents is 1. The number of nitrogens with zero attached hydrogens (tertiary/aromatic N) is 3. The van der Waals surface area contributed by atoms with Crippen molar-refractivity contribution in [1.82, 2.24) is 14.9 Å². The zero-order valence-electron chi connectivity index (χ0n) is 16.0. The van der Waals surface area contributed by atoms with Gasteiger partial charge in [-0.25, -0.2) is 4.98 Å². The van der Waals surface area contributed by atoms with Gasteiger partial charge in [-0.3, -0.25) is 19.8 Å². The number of aromatic amines is 1. The van der Waals surface area contributed by atoms with Crippen molar-refractivity contribution in [3.05, 3.63) is 61.3 Å². The maximum Gasteiger partial charge on any atom is 0.311 e. The lowest BCUT2D eigenvalue weighted by molar-refractivity contribution is -0.385. The van der Waals surface area contributed by atoms with Crippen LogP contribution in [0.25, 0.3) is 0 Å². The molecular weight excluding hydrogens is 348 g/mol. The highest BCUT2D eigenvalue weighted by Crippen LogP contribution is 2.28. The molecule has 8 heteroatoms. The van der Waals surface area contributed by atoms with Crippen molar-refractivity contribution >= 4 is 5.69 Å². The van der Waals surface area contributed by atoms with Crippen LogP contribution in [0.2, 0.25) is 0 Å². The van der Waals surface area contributed by atoms with Gasteiger partial charge in [0.15, 0.2) is 5.75 Å². The molecule has 2 heterocycles. The third kappa shape index (κ3) is 4.00. The highest BCUT2D eigenvalue weighted by molar-refractivity contribution is 5.48. The first-order chi connectivity index (χ1) is 12.7. The molecule has 1 aliphatic rings. The second kappa shape index (κ2) is 7.11. The van der Waals surface area contributed by atoms with E-state index in [9.17, 15) is 14.9 Å². The summed E-state index contributed by atoms with van der Waals surface area (Å²) in [7, 11) is 1.41. The average Bonchev–Trinajstić information content (AvgIpc) is 2.61. The predicted molar refractivity (Wildman–Crippen MR) is 101 cm³/mol. The molecule has 1 aromatic carbocycles. The summed E-state index contributed by atoms with van der Waals surface area (Å²) in [6.45, 7) is 7.79. The number of rotatable bonds is 4. The Kier molecular flexibility index (Phi) is 5.01. The van der Waals surface area contributed by atoms with E-state index in [0.29, 0.717) is 30.9 Å². The third-order valence-corrected chi connectivity index (χ3v) is 4.70. The fourth-order valence-corrected chi connectivity index (χ4v) is 3.21. The molecule has 1 N–H and O–H groups in total. The SMILES string of the molecule is COc1ccc(CN2CCc3nc(C(C)(C)C)[nH]c(=O)c3C2)cc1[N+](=O)[O-]. The zero-order valence-corrected chi connectivity index (χ0v) is 16.0. The van der Waals surface area contributed by atoms with Gasteiger partial charge < -0.3 is 9.72 Å². The molecule has 2 aromatic rings. The number of hydrogen-bond acceptors (Lipinski definition) is 6. The minimum Gasteiger partial charge on any atom is -0.490 e. The van der Waals surface area contributed by atoms with Crippen LogP contribution in [0.1, 0.15) is 43.4 Å². The summed E-state index contributed by atoms with van der Waals surface area (Å²) in [6, 6.07) is 4.95. The van der Waals surface area contributed by atoms with Gasteiger partial charge in [0.05, 0.1) is 23.3 Å². The predicted octanol–water partition coefficient (Wildman–Crippen LogP) is 2.54. The van der Waals surface area contributed by atoms with Crippen LogP contribution in [0.15, 0.2) is 23.0 Å². The van der Waals surface area contributed by atoms with Crippen molar-refractivity contribution in [1.29, 1.82) is 0 Å². The Morgan fingerprint density at radius 3 is 2.74 bits per heavy atom. The molecule has 3 rings (SSSR count). The summed E-state index contributed by atoms with van der Waals surface area (Å²) >= 11 is 0. The van der Waals surface area contributed by atoms with Crippen LogP contribution in [-0.2, 0) is 24.9 Å². The lowest BCUT2D eigenvalue weighted by Crippen LogP contribution is -2.37. The van der Waals surface area contributed by atoms with Gasteiger partial charge in [-0.05, 0) is 11.6 Å². The number of hydrogen-bond donors (Lipinski definition) is 1. The number of nitrogens with one attached hydrogen (secondary N) is 1. The zero-order chi connectivity index (χ0) is 19.8. The Morgan fingerprint density at radius 1 is 1.37 bits per heavy atom. The number of methoxy groups -OCH3 is 1. The molecule has 0 unspecified atom stereocenters. The molecule has 8 nitrogen and oxygen atoms in total. The molecule has 0 radical (unpaired) electrons. The molecule has 0 spiro atoms. The Morgan fingerprint density at radius 2 is 2.11 bits per heavy atom. The van der Waals surface area contributed by atoms with Gasteiger partial charge in [-0.15, -0.1) is 0 Å². The molecule has 1 aromatic heterocycles. The van der Waals surface area contributed by atoms with E-state index in [2.05, 4.69) is 14.9 Å². The minimum atomic E-state index is -0.448. The Balaban J connectivity index is 1.82. The first-order valence-corrected chi connectivity index (χ1v) is 8.85. The number of ether oxygens (including phenoxy) is 1. The number of fused-ring (bicyclic) bond motifs is 1. The molecule has 1 aliphatic heterocycles. The average molecular weight is 372 g/mol. The van der Waals surface area contributed by atoms with Crippen molar-refractivity contribution in [2.45, 2.75) is 45.7 Å². The molecule has 0 fully saturated rings. The monoisotopic (exact) mass is 372 g/mol. The molecule has 0 amide bonds. The smallest absolute Gasteiger partial charge is 0.311 e. The van der Waals surface area contributed by atoms with Crippen LogP contribution in [0.3, 0.4) is 0 Å². The highest BCUT2D eigenvalue weighted by atomic mass is 16.6. The Bertz CT molecular complexity index is 930. The van der Waals surface area contributed by atoms with Crippen molar-refractivity contribution in [3.8, 4) is 5.75 Å². The van der Waals surface area contributed by atoms with E-state index in [0.717, 1.165) is 17.8 Å². The fourth-order valence-electron chi connectivity index (χ4n) is 3.21. The van der Waals surface area contributed by atoms with Gasteiger partial charge >= 0.3 is 5.69 Å². The van der Waals surface area contributed by atoms with Gasteiger partial charge in [-0.2, -0.15) is 0 Å². The van der Waals surface area contributed by atoms with Crippen LogP contribution >= 0.6 is 0 Å². The molecule has 0 bridgehead atoms. The molecule has 0 saturated carbocycles. The number of H-pyrrole nitrogens is 1. The van der Waals surface area contributed by atoms with Gasteiger partial charge in [0, 0.05) is 37.5 Å². The summed E-state index contributed by atoms with van der Waals surface area (Å²) in [6.07, 6.45) is 0.681. The van der Waals surface area contributed by atoms with E-state index in [-0.39, 0.29) is 22.4 Å². The molecule has 0 saturated heterocycles. The lowest BCUT2D eigenvalue weighted by Gasteiger charge is -2.29. The molecule has 0 atom stereocenters. The van der Waals surface area contributed by atoms with Crippen LogP contribution < -0.4 is 10.3 Å². The summed E-state index contributed by atoms with van der Waals surface area (Å²) in [5, 5.41) is 11.2.